The number of sulfonamides is 1. The Balaban J connectivity index is 1.67. The van der Waals surface area contributed by atoms with Crippen molar-refractivity contribution < 1.29 is 8.42 Å². The number of benzene rings is 2. The maximum atomic E-state index is 13.1. The minimum Gasteiger partial charge on any atom is -0.260 e. The fraction of sp³-hybridized carbons (Fsp3) is 0.286. The monoisotopic (exact) mass is 366 g/mol. The molecule has 2 heterocycles. The fourth-order valence-electron chi connectivity index (χ4n) is 4.06. The summed E-state index contributed by atoms with van der Waals surface area (Å²) in [5.74, 6) is -0.0103. The van der Waals surface area contributed by atoms with Crippen LogP contribution in [-0.4, -0.2) is 32.0 Å². The first-order chi connectivity index (χ1) is 12.5. The molecule has 0 aromatic heterocycles. The SMILES string of the molecule is C=C[C@H]1CN(S(=O)(=O)c2ccc(C)cc2)CC[C@@]12C=Nc1ccccc12. The summed E-state index contributed by atoms with van der Waals surface area (Å²) in [5.41, 5.74) is 2.95. The van der Waals surface area contributed by atoms with Crippen LogP contribution in [0.1, 0.15) is 17.5 Å². The van der Waals surface area contributed by atoms with Crippen molar-refractivity contribution in [3.05, 3.63) is 72.3 Å². The third-order valence-corrected chi connectivity index (χ3v) is 7.50. The molecule has 134 valence electrons. The standard InChI is InChI=1S/C21H22N2O2S/c1-3-17-14-23(26(24,25)18-10-8-16(2)9-11-18)13-12-21(17)15-22-20-7-5-4-6-19(20)21/h3-11,15,17H,1,12-14H2,2H3/t17-,21+/m0/s1. The lowest BCUT2D eigenvalue weighted by Crippen LogP contribution is -2.51. The number of hydrogen-bond donors (Lipinski definition) is 0. The van der Waals surface area contributed by atoms with Gasteiger partial charge in [0, 0.05) is 30.6 Å². The van der Waals surface area contributed by atoms with Gasteiger partial charge >= 0.3 is 0 Å². The average molecular weight is 366 g/mol. The van der Waals surface area contributed by atoms with Crippen LogP contribution in [0.3, 0.4) is 0 Å². The highest BCUT2D eigenvalue weighted by Crippen LogP contribution is 2.47. The first kappa shape index (κ1) is 17.2. The Morgan fingerprint density at radius 2 is 1.92 bits per heavy atom. The summed E-state index contributed by atoms with van der Waals surface area (Å²) in [6, 6.07) is 15.2. The predicted octanol–water partition coefficient (Wildman–Crippen LogP) is 3.85. The summed E-state index contributed by atoms with van der Waals surface area (Å²) in [4.78, 5) is 4.94. The van der Waals surface area contributed by atoms with Crippen LogP contribution in [0.4, 0.5) is 5.69 Å². The molecule has 4 rings (SSSR count). The lowest BCUT2D eigenvalue weighted by Gasteiger charge is -2.43. The summed E-state index contributed by atoms with van der Waals surface area (Å²) in [5, 5.41) is 0. The Kier molecular flexibility index (Phi) is 4.09. The Morgan fingerprint density at radius 3 is 2.65 bits per heavy atom. The van der Waals surface area contributed by atoms with Crippen molar-refractivity contribution in [1.82, 2.24) is 4.31 Å². The molecule has 0 amide bonds. The van der Waals surface area contributed by atoms with Gasteiger partial charge < -0.3 is 0 Å². The number of aliphatic imine (C=N–C) groups is 1. The van der Waals surface area contributed by atoms with Crippen molar-refractivity contribution in [1.29, 1.82) is 0 Å². The van der Waals surface area contributed by atoms with Crippen LogP contribution in [0, 0.1) is 12.8 Å². The van der Waals surface area contributed by atoms with Gasteiger partial charge in [-0.25, -0.2) is 8.42 Å². The van der Waals surface area contributed by atoms with Gasteiger partial charge in [0.1, 0.15) is 0 Å². The molecule has 0 unspecified atom stereocenters. The highest BCUT2D eigenvalue weighted by Gasteiger charge is 2.47. The van der Waals surface area contributed by atoms with Crippen molar-refractivity contribution in [2.24, 2.45) is 10.9 Å². The molecule has 0 aliphatic carbocycles. The smallest absolute Gasteiger partial charge is 0.243 e. The zero-order valence-corrected chi connectivity index (χ0v) is 15.6. The molecule has 5 heteroatoms. The van der Waals surface area contributed by atoms with E-state index < -0.39 is 10.0 Å². The molecule has 26 heavy (non-hydrogen) atoms. The second-order valence-corrected chi connectivity index (χ2v) is 9.02. The Hall–Kier alpha value is -2.24. The second-order valence-electron chi connectivity index (χ2n) is 7.08. The highest BCUT2D eigenvalue weighted by molar-refractivity contribution is 7.89. The molecule has 0 radical (unpaired) electrons. The predicted molar refractivity (Wildman–Crippen MR) is 105 cm³/mol. The summed E-state index contributed by atoms with van der Waals surface area (Å²) < 4.78 is 27.7. The van der Waals surface area contributed by atoms with E-state index in [1.54, 1.807) is 16.4 Å². The summed E-state index contributed by atoms with van der Waals surface area (Å²) in [6.07, 6.45) is 4.58. The van der Waals surface area contributed by atoms with Gasteiger partial charge in [-0.1, -0.05) is 42.0 Å². The third-order valence-electron chi connectivity index (χ3n) is 5.62. The Bertz CT molecular complexity index is 979. The highest BCUT2D eigenvalue weighted by atomic mass is 32.2. The molecule has 0 saturated carbocycles. The van der Waals surface area contributed by atoms with E-state index in [9.17, 15) is 8.42 Å². The van der Waals surface area contributed by atoms with Crippen LogP contribution < -0.4 is 0 Å². The lowest BCUT2D eigenvalue weighted by atomic mass is 9.68. The van der Waals surface area contributed by atoms with Gasteiger partial charge in [-0.3, -0.25) is 4.99 Å². The molecule has 0 bridgehead atoms. The molecule has 2 aromatic rings. The number of para-hydroxylation sites is 1. The quantitative estimate of drug-likeness (QED) is 0.775. The fourth-order valence-corrected chi connectivity index (χ4v) is 5.53. The molecular weight excluding hydrogens is 344 g/mol. The molecule has 4 nitrogen and oxygen atoms in total. The number of hydrogen-bond acceptors (Lipinski definition) is 3. The van der Waals surface area contributed by atoms with Crippen molar-refractivity contribution in [2.75, 3.05) is 13.1 Å². The molecule has 0 N–H and O–H groups in total. The maximum absolute atomic E-state index is 13.1. The zero-order valence-electron chi connectivity index (χ0n) is 14.8. The summed E-state index contributed by atoms with van der Waals surface area (Å²) in [6.45, 7) is 6.83. The van der Waals surface area contributed by atoms with Crippen LogP contribution in [-0.2, 0) is 15.4 Å². The van der Waals surface area contributed by atoms with E-state index in [0.29, 0.717) is 24.4 Å². The zero-order chi connectivity index (χ0) is 18.4. The number of aryl methyl sites for hydroxylation is 1. The van der Waals surface area contributed by atoms with Gasteiger partial charge in [0.05, 0.1) is 10.6 Å². The molecule has 1 fully saturated rings. The van der Waals surface area contributed by atoms with E-state index >= 15 is 0 Å². The van der Waals surface area contributed by atoms with E-state index in [1.165, 1.54) is 5.56 Å². The topological polar surface area (TPSA) is 49.7 Å². The van der Waals surface area contributed by atoms with Gasteiger partial charge in [-0.2, -0.15) is 4.31 Å². The van der Waals surface area contributed by atoms with Crippen LogP contribution in [0.15, 0.2) is 71.1 Å². The first-order valence-electron chi connectivity index (χ1n) is 8.81. The van der Waals surface area contributed by atoms with Crippen molar-refractivity contribution >= 4 is 21.9 Å². The molecule has 2 atom stereocenters. The third kappa shape index (κ3) is 2.54. The van der Waals surface area contributed by atoms with E-state index in [1.807, 2.05) is 49.5 Å². The van der Waals surface area contributed by atoms with Gasteiger partial charge in [0.2, 0.25) is 10.0 Å². The van der Waals surface area contributed by atoms with Gasteiger partial charge in [0.15, 0.2) is 0 Å². The molecule has 1 spiro atoms. The van der Waals surface area contributed by atoms with Crippen LogP contribution >= 0.6 is 0 Å². The van der Waals surface area contributed by atoms with Crippen molar-refractivity contribution in [2.45, 2.75) is 23.7 Å². The lowest BCUT2D eigenvalue weighted by molar-refractivity contribution is 0.237. The van der Waals surface area contributed by atoms with E-state index in [4.69, 9.17) is 0 Å². The van der Waals surface area contributed by atoms with Crippen molar-refractivity contribution in [3.63, 3.8) is 0 Å². The molecule has 1 saturated heterocycles. The van der Waals surface area contributed by atoms with Crippen LogP contribution in [0.2, 0.25) is 0 Å². The van der Waals surface area contributed by atoms with Crippen LogP contribution in [0.5, 0.6) is 0 Å². The minimum atomic E-state index is -3.50. The maximum Gasteiger partial charge on any atom is 0.243 e. The number of nitrogens with zero attached hydrogens (tertiary/aromatic N) is 2. The van der Waals surface area contributed by atoms with E-state index in [0.717, 1.165) is 11.3 Å². The molecule has 2 aliphatic heterocycles. The van der Waals surface area contributed by atoms with Gasteiger partial charge in [-0.05, 0) is 37.1 Å². The number of piperidine rings is 1. The second kappa shape index (κ2) is 6.18. The van der Waals surface area contributed by atoms with Crippen LogP contribution in [0.25, 0.3) is 0 Å². The Labute approximate surface area is 154 Å². The average Bonchev–Trinajstić information content (AvgIpc) is 3.02. The van der Waals surface area contributed by atoms with E-state index in [-0.39, 0.29) is 11.3 Å². The van der Waals surface area contributed by atoms with Gasteiger partial charge in [-0.15, -0.1) is 6.58 Å². The summed E-state index contributed by atoms with van der Waals surface area (Å²) in [7, 11) is -3.50. The van der Waals surface area contributed by atoms with Gasteiger partial charge in [0.25, 0.3) is 0 Å². The Morgan fingerprint density at radius 1 is 1.19 bits per heavy atom. The van der Waals surface area contributed by atoms with Crippen molar-refractivity contribution in [3.8, 4) is 0 Å². The summed E-state index contributed by atoms with van der Waals surface area (Å²) >= 11 is 0. The molecule has 2 aliphatic rings. The number of rotatable bonds is 3. The normalized spacial score (nSPS) is 25.3. The van der Waals surface area contributed by atoms with E-state index in [2.05, 4.69) is 17.6 Å². The minimum absolute atomic E-state index is 0.0103. The molecular formula is C21H22N2O2S. The largest absolute Gasteiger partial charge is 0.260 e. The number of fused-ring (bicyclic) bond motifs is 2. The molecule has 2 aromatic carbocycles. The first-order valence-corrected chi connectivity index (χ1v) is 10.3.